The molecule has 3 N–H and O–H groups in total. The van der Waals surface area contributed by atoms with Gasteiger partial charge in [0.15, 0.2) is 0 Å². The second kappa shape index (κ2) is 6.23. The number of aliphatic hydroxyl groups is 2. The predicted molar refractivity (Wildman–Crippen MR) is 63.4 cm³/mol. The van der Waals surface area contributed by atoms with Gasteiger partial charge in [-0.1, -0.05) is 22.8 Å². The first-order valence-corrected chi connectivity index (χ1v) is 5.25. The van der Waals surface area contributed by atoms with E-state index in [-0.39, 0.29) is 22.7 Å². The van der Waals surface area contributed by atoms with E-state index >= 15 is 0 Å². The number of halogens is 1. The number of benzene rings is 1. The summed E-state index contributed by atoms with van der Waals surface area (Å²) in [6.45, 7) is -0.317. The van der Waals surface area contributed by atoms with Crippen LogP contribution in [0.5, 0.6) is 0 Å². The topological polar surface area (TPSA) is 127 Å². The van der Waals surface area contributed by atoms with E-state index in [2.05, 4.69) is 10.0 Å². The lowest BCUT2D eigenvalue weighted by atomic mass is 10.0. The normalized spacial score (nSPS) is 13.5. The summed E-state index contributed by atoms with van der Waals surface area (Å²) in [7, 11) is 0. The Bertz CT molecular complexity index is 502. The highest BCUT2D eigenvalue weighted by Crippen LogP contribution is 2.23. The standard InChI is InChI=1S/C10H10ClN3O4/c11-7-2-1-5(3-6(7)10(17)18)9(16)8(15)4-13-14-12/h1-3,8-9,15-16H,4H2,(H,17,18). The summed E-state index contributed by atoms with van der Waals surface area (Å²) in [5, 5.41) is 31.3. The van der Waals surface area contributed by atoms with Crippen molar-refractivity contribution in [2.75, 3.05) is 6.54 Å². The van der Waals surface area contributed by atoms with Crippen molar-refractivity contribution in [1.29, 1.82) is 0 Å². The molecule has 0 amide bonds. The molecule has 0 saturated heterocycles. The molecule has 0 spiro atoms. The van der Waals surface area contributed by atoms with Crippen LogP contribution in [0.4, 0.5) is 0 Å². The maximum atomic E-state index is 10.8. The van der Waals surface area contributed by atoms with Crippen LogP contribution in [0.1, 0.15) is 22.0 Å². The average molecular weight is 272 g/mol. The van der Waals surface area contributed by atoms with Gasteiger partial charge in [0.1, 0.15) is 6.10 Å². The summed E-state index contributed by atoms with van der Waals surface area (Å²) < 4.78 is 0. The highest BCUT2D eigenvalue weighted by Gasteiger charge is 2.20. The lowest BCUT2D eigenvalue weighted by molar-refractivity contribution is 0.0243. The number of rotatable bonds is 5. The fourth-order valence-electron chi connectivity index (χ4n) is 1.33. The van der Waals surface area contributed by atoms with Gasteiger partial charge in [0, 0.05) is 4.91 Å². The van der Waals surface area contributed by atoms with E-state index in [1.165, 1.54) is 12.1 Å². The second-order valence-corrected chi connectivity index (χ2v) is 3.88. The van der Waals surface area contributed by atoms with Gasteiger partial charge in [-0.05, 0) is 23.2 Å². The van der Waals surface area contributed by atoms with Crippen LogP contribution in [0.25, 0.3) is 10.4 Å². The van der Waals surface area contributed by atoms with E-state index in [0.717, 1.165) is 6.07 Å². The van der Waals surface area contributed by atoms with Crippen molar-refractivity contribution < 1.29 is 20.1 Å². The van der Waals surface area contributed by atoms with Gasteiger partial charge in [-0.3, -0.25) is 0 Å². The minimum Gasteiger partial charge on any atom is -0.478 e. The van der Waals surface area contributed by atoms with Gasteiger partial charge in [0.25, 0.3) is 0 Å². The Labute approximate surface area is 107 Å². The summed E-state index contributed by atoms with van der Waals surface area (Å²) in [4.78, 5) is 13.3. The van der Waals surface area contributed by atoms with Gasteiger partial charge >= 0.3 is 5.97 Å². The van der Waals surface area contributed by atoms with E-state index in [1.807, 2.05) is 0 Å². The molecule has 0 heterocycles. The third kappa shape index (κ3) is 3.35. The van der Waals surface area contributed by atoms with Crippen molar-refractivity contribution in [3.8, 4) is 0 Å². The molecule has 18 heavy (non-hydrogen) atoms. The van der Waals surface area contributed by atoms with Crippen LogP contribution in [-0.2, 0) is 0 Å². The van der Waals surface area contributed by atoms with Gasteiger partial charge in [-0.15, -0.1) is 0 Å². The third-order valence-corrected chi connectivity index (χ3v) is 2.59. The third-order valence-electron chi connectivity index (χ3n) is 2.26. The molecule has 0 aliphatic carbocycles. The zero-order valence-corrected chi connectivity index (χ0v) is 9.82. The minimum atomic E-state index is -1.36. The molecule has 0 aliphatic heterocycles. The molecule has 0 radical (unpaired) electrons. The fourth-order valence-corrected chi connectivity index (χ4v) is 1.53. The number of aromatic carboxylic acids is 1. The van der Waals surface area contributed by atoms with Gasteiger partial charge in [0.05, 0.1) is 23.2 Å². The van der Waals surface area contributed by atoms with Crippen molar-refractivity contribution in [3.05, 3.63) is 44.8 Å². The molecule has 1 rings (SSSR count). The Kier molecular flexibility index (Phi) is 4.94. The number of aliphatic hydroxyl groups excluding tert-OH is 2. The number of hydrogen-bond acceptors (Lipinski definition) is 4. The van der Waals surface area contributed by atoms with E-state index in [1.54, 1.807) is 0 Å². The minimum absolute atomic E-state index is 0.0305. The van der Waals surface area contributed by atoms with Gasteiger partial charge < -0.3 is 15.3 Å². The zero-order valence-electron chi connectivity index (χ0n) is 9.06. The van der Waals surface area contributed by atoms with Crippen LogP contribution >= 0.6 is 11.6 Å². The van der Waals surface area contributed by atoms with Crippen LogP contribution in [0.2, 0.25) is 5.02 Å². The van der Waals surface area contributed by atoms with Crippen molar-refractivity contribution in [2.24, 2.45) is 5.11 Å². The fraction of sp³-hybridized carbons (Fsp3) is 0.300. The number of carboxylic acids is 1. The van der Waals surface area contributed by atoms with E-state index < -0.39 is 18.2 Å². The lowest BCUT2D eigenvalue weighted by Gasteiger charge is -2.16. The van der Waals surface area contributed by atoms with Gasteiger partial charge in [-0.25, -0.2) is 4.79 Å². The molecular weight excluding hydrogens is 262 g/mol. The Balaban J connectivity index is 2.99. The first-order chi connectivity index (χ1) is 8.47. The van der Waals surface area contributed by atoms with E-state index in [4.69, 9.17) is 22.2 Å². The summed E-state index contributed by atoms with van der Waals surface area (Å²) in [6, 6.07) is 3.86. The molecule has 0 fully saturated rings. The van der Waals surface area contributed by atoms with Crippen LogP contribution < -0.4 is 0 Å². The summed E-state index contributed by atoms with van der Waals surface area (Å²) in [5.74, 6) is -1.24. The summed E-state index contributed by atoms with van der Waals surface area (Å²) >= 11 is 5.67. The second-order valence-electron chi connectivity index (χ2n) is 3.47. The van der Waals surface area contributed by atoms with Crippen molar-refractivity contribution in [3.63, 3.8) is 0 Å². The van der Waals surface area contributed by atoms with Crippen LogP contribution in [0.15, 0.2) is 23.3 Å². The first-order valence-electron chi connectivity index (χ1n) is 4.87. The van der Waals surface area contributed by atoms with Crippen molar-refractivity contribution in [2.45, 2.75) is 12.2 Å². The molecular formula is C10H10ClN3O4. The molecule has 1 aromatic carbocycles. The molecule has 8 heteroatoms. The maximum absolute atomic E-state index is 10.8. The number of azide groups is 1. The number of nitrogens with zero attached hydrogens (tertiary/aromatic N) is 3. The Morgan fingerprint density at radius 1 is 1.50 bits per heavy atom. The average Bonchev–Trinajstić information content (AvgIpc) is 2.35. The zero-order chi connectivity index (χ0) is 13.7. The first kappa shape index (κ1) is 14.3. The maximum Gasteiger partial charge on any atom is 0.337 e. The monoisotopic (exact) mass is 271 g/mol. The van der Waals surface area contributed by atoms with Gasteiger partial charge in [-0.2, -0.15) is 0 Å². The molecule has 0 saturated carbocycles. The molecule has 2 atom stereocenters. The molecule has 7 nitrogen and oxygen atoms in total. The Morgan fingerprint density at radius 3 is 2.72 bits per heavy atom. The molecule has 0 aliphatic rings. The molecule has 1 aromatic rings. The quantitative estimate of drug-likeness (QED) is 0.428. The van der Waals surface area contributed by atoms with Crippen LogP contribution in [0.3, 0.4) is 0 Å². The number of hydrogen-bond donors (Lipinski definition) is 3. The number of carboxylic acid groups (broad SMARTS) is 1. The lowest BCUT2D eigenvalue weighted by Crippen LogP contribution is -2.21. The summed E-state index contributed by atoms with van der Waals surface area (Å²) in [6.07, 6.45) is -2.67. The highest BCUT2D eigenvalue weighted by molar-refractivity contribution is 6.33. The smallest absolute Gasteiger partial charge is 0.337 e. The Hall–Kier alpha value is -1.79. The predicted octanol–water partition coefficient (Wildman–Crippen LogP) is 1.74. The molecule has 2 unspecified atom stereocenters. The number of carbonyl (C=O) groups is 1. The summed E-state index contributed by atoms with van der Waals surface area (Å²) in [5.41, 5.74) is 8.09. The largest absolute Gasteiger partial charge is 0.478 e. The van der Waals surface area contributed by atoms with Crippen LogP contribution in [0, 0.1) is 0 Å². The molecule has 96 valence electrons. The van der Waals surface area contributed by atoms with Crippen LogP contribution in [-0.4, -0.2) is 33.9 Å². The highest BCUT2D eigenvalue weighted by atomic mass is 35.5. The SMILES string of the molecule is [N-]=[N+]=NCC(O)C(O)c1ccc(Cl)c(C(=O)O)c1. The van der Waals surface area contributed by atoms with E-state index in [9.17, 15) is 15.0 Å². The molecule has 0 bridgehead atoms. The van der Waals surface area contributed by atoms with Crippen molar-refractivity contribution >= 4 is 17.6 Å². The Morgan fingerprint density at radius 2 is 2.17 bits per heavy atom. The molecule has 0 aromatic heterocycles. The van der Waals surface area contributed by atoms with Crippen molar-refractivity contribution in [1.82, 2.24) is 0 Å². The van der Waals surface area contributed by atoms with E-state index in [0.29, 0.717) is 0 Å². The van der Waals surface area contributed by atoms with Gasteiger partial charge in [0.2, 0.25) is 0 Å².